The maximum atomic E-state index is 10.9. The predicted octanol–water partition coefficient (Wildman–Crippen LogP) is 1.10. The van der Waals surface area contributed by atoms with Gasteiger partial charge in [-0.25, -0.2) is 4.98 Å². The van der Waals surface area contributed by atoms with Crippen molar-refractivity contribution in [2.75, 3.05) is 18.9 Å². The molecule has 18 heavy (non-hydrogen) atoms. The summed E-state index contributed by atoms with van der Waals surface area (Å²) < 4.78 is 0. The van der Waals surface area contributed by atoms with Gasteiger partial charge in [-0.1, -0.05) is 0 Å². The number of thiazole rings is 1. The Labute approximate surface area is 112 Å². The van der Waals surface area contributed by atoms with Gasteiger partial charge in [0, 0.05) is 16.8 Å². The van der Waals surface area contributed by atoms with Crippen molar-refractivity contribution in [1.29, 1.82) is 0 Å². The first-order valence-corrected chi connectivity index (χ1v) is 7.06. The van der Waals surface area contributed by atoms with Gasteiger partial charge in [-0.15, -0.1) is 22.7 Å². The molecule has 0 radical (unpaired) electrons. The van der Waals surface area contributed by atoms with Gasteiger partial charge in [-0.05, 0) is 18.6 Å². The number of aliphatic hydroxyl groups is 1. The Balaban J connectivity index is 1.92. The second kappa shape index (κ2) is 5.94. The summed E-state index contributed by atoms with van der Waals surface area (Å²) in [6.45, 7) is 0.0618. The molecule has 1 amide bonds. The maximum Gasteiger partial charge on any atom is 0.245 e. The third-order valence-corrected chi connectivity index (χ3v) is 4.11. The monoisotopic (exact) mass is 283 g/mol. The van der Waals surface area contributed by atoms with E-state index in [1.54, 1.807) is 11.3 Å². The van der Waals surface area contributed by atoms with Crippen molar-refractivity contribution in [3.05, 3.63) is 22.4 Å². The number of nitrogens with zero attached hydrogens (tertiary/aromatic N) is 1. The summed E-state index contributed by atoms with van der Waals surface area (Å²) >= 11 is 3.06. The van der Waals surface area contributed by atoms with Crippen LogP contribution < -0.4 is 11.1 Å². The summed E-state index contributed by atoms with van der Waals surface area (Å²) in [5.74, 6) is -0.348. The number of nitrogen functional groups attached to an aromatic ring is 1. The van der Waals surface area contributed by atoms with E-state index in [9.17, 15) is 4.79 Å². The fourth-order valence-corrected chi connectivity index (χ4v) is 3.04. The van der Waals surface area contributed by atoms with E-state index in [1.165, 1.54) is 11.3 Å². The number of rotatable bonds is 5. The van der Waals surface area contributed by atoms with Gasteiger partial charge in [0.05, 0.1) is 10.6 Å². The van der Waals surface area contributed by atoms with Crippen molar-refractivity contribution >= 4 is 33.7 Å². The number of aromatic nitrogens is 1. The van der Waals surface area contributed by atoms with Crippen LogP contribution in [0.25, 0.3) is 10.6 Å². The molecular weight excluding hydrogens is 270 g/mol. The number of nitrogens with one attached hydrogen (secondary N) is 1. The number of carbonyl (C=O) groups excluding carboxylic acids is 1. The van der Waals surface area contributed by atoms with Crippen LogP contribution >= 0.6 is 22.7 Å². The average Bonchev–Trinajstić information content (AvgIpc) is 2.97. The van der Waals surface area contributed by atoms with Gasteiger partial charge in [0.25, 0.3) is 0 Å². The summed E-state index contributed by atoms with van der Waals surface area (Å²) in [5, 5.41) is 13.7. The van der Waals surface area contributed by atoms with E-state index < -0.39 is 6.61 Å². The molecule has 2 heterocycles. The van der Waals surface area contributed by atoms with Crippen molar-refractivity contribution < 1.29 is 9.90 Å². The van der Waals surface area contributed by atoms with E-state index in [-0.39, 0.29) is 5.91 Å². The fraction of sp³-hybridized carbons (Fsp3) is 0.273. The lowest BCUT2D eigenvalue weighted by Crippen LogP contribution is -2.27. The van der Waals surface area contributed by atoms with E-state index in [4.69, 9.17) is 10.8 Å². The standard InChI is InChI=1S/C11H13N3O2S2/c12-11-14-8(6-17-11)9-2-1-7(18-9)3-4-13-10(16)5-15/h1-2,6,15H,3-5H2,(H2,12,14)(H,13,16). The Bertz CT molecular complexity index is 536. The second-order valence-electron chi connectivity index (χ2n) is 3.60. The Morgan fingerprint density at radius 3 is 3.00 bits per heavy atom. The molecule has 0 aliphatic carbocycles. The molecule has 96 valence electrons. The van der Waals surface area contributed by atoms with Crippen molar-refractivity contribution in [2.45, 2.75) is 6.42 Å². The topological polar surface area (TPSA) is 88.2 Å². The molecule has 0 bridgehead atoms. The number of carbonyl (C=O) groups is 1. The summed E-state index contributed by atoms with van der Waals surface area (Å²) in [4.78, 5) is 17.3. The minimum Gasteiger partial charge on any atom is -0.387 e. The third-order valence-electron chi connectivity index (χ3n) is 2.27. The molecule has 0 saturated heterocycles. The van der Waals surface area contributed by atoms with Crippen LogP contribution in [0, 0.1) is 0 Å². The van der Waals surface area contributed by atoms with Crippen LogP contribution in [0.3, 0.4) is 0 Å². The molecule has 0 saturated carbocycles. The number of nitrogens with two attached hydrogens (primary N) is 1. The van der Waals surface area contributed by atoms with Gasteiger partial charge in [-0.3, -0.25) is 4.79 Å². The molecule has 0 spiro atoms. The van der Waals surface area contributed by atoms with Crippen molar-refractivity contribution in [1.82, 2.24) is 10.3 Å². The molecule has 0 aliphatic rings. The molecule has 0 fully saturated rings. The van der Waals surface area contributed by atoms with Crippen LogP contribution in [-0.2, 0) is 11.2 Å². The molecule has 2 aromatic heterocycles. The molecule has 5 nitrogen and oxygen atoms in total. The van der Waals surface area contributed by atoms with Crippen molar-refractivity contribution in [2.24, 2.45) is 0 Å². The quantitative estimate of drug-likeness (QED) is 0.767. The lowest BCUT2D eigenvalue weighted by Gasteiger charge is -2.00. The number of aliphatic hydroxyl groups excluding tert-OH is 1. The molecule has 0 unspecified atom stereocenters. The maximum absolute atomic E-state index is 10.9. The van der Waals surface area contributed by atoms with Crippen LogP contribution in [0.4, 0.5) is 5.13 Å². The van der Waals surface area contributed by atoms with E-state index in [0.29, 0.717) is 11.7 Å². The molecule has 7 heteroatoms. The van der Waals surface area contributed by atoms with Gasteiger partial charge >= 0.3 is 0 Å². The fourth-order valence-electron chi connectivity index (χ4n) is 1.43. The highest BCUT2D eigenvalue weighted by atomic mass is 32.1. The molecule has 0 aromatic carbocycles. The molecular formula is C11H13N3O2S2. The van der Waals surface area contributed by atoms with Gasteiger partial charge in [0.1, 0.15) is 6.61 Å². The normalized spacial score (nSPS) is 10.5. The van der Waals surface area contributed by atoms with Gasteiger partial charge in [0.2, 0.25) is 5.91 Å². The van der Waals surface area contributed by atoms with Crippen molar-refractivity contribution in [3.8, 4) is 10.6 Å². The van der Waals surface area contributed by atoms with E-state index in [1.807, 2.05) is 17.5 Å². The van der Waals surface area contributed by atoms with Crippen LogP contribution in [-0.4, -0.2) is 29.1 Å². The Hall–Kier alpha value is -1.44. The number of hydrogen-bond donors (Lipinski definition) is 3. The number of hydrogen-bond acceptors (Lipinski definition) is 6. The highest BCUT2D eigenvalue weighted by molar-refractivity contribution is 7.16. The lowest BCUT2D eigenvalue weighted by molar-refractivity contribution is -0.123. The van der Waals surface area contributed by atoms with Crippen LogP contribution in [0.15, 0.2) is 17.5 Å². The lowest BCUT2D eigenvalue weighted by atomic mass is 10.3. The molecule has 4 N–H and O–H groups in total. The summed E-state index contributed by atoms with van der Waals surface area (Å²) in [6, 6.07) is 4.02. The molecule has 0 aliphatic heterocycles. The predicted molar refractivity (Wildman–Crippen MR) is 73.6 cm³/mol. The van der Waals surface area contributed by atoms with Gasteiger partial charge < -0.3 is 16.2 Å². The van der Waals surface area contributed by atoms with E-state index in [0.717, 1.165) is 21.9 Å². The highest BCUT2D eigenvalue weighted by Crippen LogP contribution is 2.29. The second-order valence-corrected chi connectivity index (χ2v) is 5.65. The van der Waals surface area contributed by atoms with Crippen LogP contribution in [0.5, 0.6) is 0 Å². The van der Waals surface area contributed by atoms with Crippen molar-refractivity contribution in [3.63, 3.8) is 0 Å². The first-order chi connectivity index (χ1) is 8.69. The zero-order valence-corrected chi connectivity index (χ0v) is 11.2. The largest absolute Gasteiger partial charge is 0.387 e. The van der Waals surface area contributed by atoms with Gasteiger partial charge in [-0.2, -0.15) is 0 Å². The summed E-state index contributed by atoms with van der Waals surface area (Å²) in [5.41, 5.74) is 6.49. The Morgan fingerprint density at radius 2 is 2.33 bits per heavy atom. The van der Waals surface area contributed by atoms with Gasteiger partial charge in [0.15, 0.2) is 5.13 Å². The van der Waals surface area contributed by atoms with Crippen LogP contribution in [0.2, 0.25) is 0 Å². The van der Waals surface area contributed by atoms with Crippen LogP contribution in [0.1, 0.15) is 4.88 Å². The zero-order valence-electron chi connectivity index (χ0n) is 9.55. The molecule has 0 atom stereocenters. The minimum absolute atomic E-state index is 0.348. The SMILES string of the molecule is Nc1nc(-c2ccc(CCNC(=O)CO)s2)cs1. The zero-order chi connectivity index (χ0) is 13.0. The van der Waals surface area contributed by atoms with E-state index >= 15 is 0 Å². The average molecular weight is 283 g/mol. The van der Waals surface area contributed by atoms with E-state index in [2.05, 4.69) is 10.3 Å². The third kappa shape index (κ3) is 3.28. The first-order valence-electron chi connectivity index (χ1n) is 5.36. The highest BCUT2D eigenvalue weighted by Gasteiger charge is 2.06. The summed E-state index contributed by atoms with van der Waals surface area (Å²) in [6.07, 6.45) is 0.746. The smallest absolute Gasteiger partial charge is 0.245 e. The minimum atomic E-state index is -0.464. The first kappa shape index (κ1) is 13.0. The molecule has 2 aromatic rings. The Morgan fingerprint density at radius 1 is 1.50 bits per heavy atom. The summed E-state index contributed by atoms with van der Waals surface area (Å²) in [7, 11) is 0. The Kier molecular flexibility index (Phi) is 4.29. The number of amides is 1. The number of thiophene rings is 1. The number of anilines is 1. The molecule has 2 rings (SSSR count).